The number of alkyl carbamates (subject to hydrolysis) is 1. The number of carbonyl (C=O) groups excluding carboxylic acids is 5. The highest BCUT2D eigenvalue weighted by atomic mass is 35.5. The molecule has 0 aromatic heterocycles. The minimum atomic E-state index is -1.04. The molecule has 1 saturated heterocycles. The van der Waals surface area contributed by atoms with Gasteiger partial charge < -0.3 is 29.7 Å². The van der Waals surface area contributed by atoms with Gasteiger partial charge >= 0.3 is 18.2 Å². The number of hydrogen-bond donors (Lipinski definition) is 2. The lowest BCUT2D eigenvalue weighted by Crippen LogP contribution is -2.57. The summed E-state index contributed by atoms with van der Waals surface area (Å²) in [6.07, 6.45) is 3.48. The molecular weight excluding hydrogens is 676 g/mol. The zero-order valence-electron chi connectivity index (χ0n) is 30.0. The Morgan fingerprint density at radius 1 is 0.941 bits per heavy atom. The molecule has 2 fully saturated rings. The van der Waals surface area contributed by atoms with E-state index in [1.165, 1.54) is 7.11 Å². The van der Waals surface area contributed by atoms with Crippen LogP contribution in [-0.4, -0.2) is 84.2 Å². The van der Waals surface area contributed by atoms with Crippen LogP contribution in [0.15, 0.2) is 54.6 Å². The zero-order valence-corrected chi connectivity index (χ0v) is 30.8. The average molecular weight is 727 g/mol. The monoisotopic (exact) mass is 726 g/mol. The summed E-state index contributed by atoms with van der Waals surface area (Å²) in [4.78, 5) is 69.4. The van der Waals surface area contributed by atoms with Gasteiger partial charge in [0.05, 0.1) is 13.2 Å². The molecule has 278 valence electrons. The smallest absolute Gasteiger partial charge is 0.410 e. The standard InChI is InChI=1S/C38H51ClN4O8/c1-38(2,3)51-37(48)43-21-20-42(24-32(43)28-15-9-6-10-16-28)35(46)30(18-19-34(45)49-4)40-33(44)23-31(27-13-7-5-8-14-27)41-36(47)50-25-26-12-11-17-29(39)22-26/h6,9-12,15-17,22,27,30-32H,5,7-8,13-14,18-21,23-25H2,1-4H3,(H,40,44)(H,41,47)/t30-,31?,32?/m0/s1. The molecule has 2 aliphatic rings. The molecule has 0 radical (unpaired) electrons. The fourth-order valence-electron chi connectivity index (χ4n) is 6.62. The number of halogens is 1. The maximum absolute atomic E-state index is 14.2. The molecule has 1 aliphatic carbocycles. The molecule has 1 saturated carbocycles. The Balaban J connectivity index is 1.47. The molecule has 2 N–H and O–H groups in total. The highest BCUT2D eigenvalue weighted by Gasteiger charge is 2.38. The molecule has 51 heavy (non-hydrogen) atoms. The van der Waals surface area contributed by atoms with Crippen LogP contribution in [0, 0.1) is 5.92 Å². The predicted octanol–water partition coefficient (Wildman–Crippen LogP) is 6.16. The van der Waals surface area contributed by atoms with Gasteiger partial charge in [-0.25, -0.2) is 9.59 Å². The van der Waals surface area contributed by atoms with Crippen LogP contribution < -0.4 is 10.6 Å². The molecule has 1 aliphatic heterocycles. The van der Waals surface area contributed by atoms with Crippen LogP contribution in [0.4, 0.5) is 9.59 Å². The van der Waals surface area contributed by atoms with Crippen LogP contribution in [0.1, 0.15) is 89.3 Å². The Hall–Kier alpha value is -4.32. The van der Waals surface area contributed by atoms with Crippen molar-refractivity contribution in [2.24, 2.45) is 5.92 Å². The van der Waals surface area contributed by atoms with Crippen LogP contribution in [-0.2, 0) is 35.2 Å². The quantitative estimate of drug-likeness (QED) is 0.196. The number of nitrogens with zero attached hydrogens (tertiary/aromatic N) is 2. The van der Waals surface area contributed by atoms with Gasteiger partial charge in [-0.05, 0) is 69.2 Å². The van der Waals surface area contributed by atoms with E-state index in [9.17, 15) is 24.0 Å². The summed E-state index contributed by atoms with van der Waals surface area (Å²) in [5, 5.41) is 6.31. The molecule has 0 spiro atoms. The number of nitrogens with one attached hydrogen (secondary N) is 2. The number of piperazine rings is 1. The third-order valence-corrected chi connectivity index (χ3v) is 9.42. The van der Waals surface area contributed by atoms with Gasteiger partial charge in [-0.3, -0.25) is 19.3 Å². The fraction of sp³-hybridized carbons (Fsp3) is 0.553. The lowest BCUT2D eigenvalue weighted by Gasteiger charge is -2.42. The van der Waals surface area contributed by atoms with E-state index in [4.69, 9.17) is 25.8 Å². The maximum Gasteiger partial charge on any atom is 0.410 e. The van der Waals surface area contributed by atoms with E-state index >= 15 is 0 Å². The highest BCUT2D eigenvalue weighted by molar-refractivity contribution is 6.30. The molecule has 13 heteroatoms. The second kappa shape index (κ2) is 18.8. The molecule has 2 unspecified atom stereocenters. The van der Waals surface area contributed by atoms with Gasteiger partial charge in [0.25, 0.3) is 0 Å². The van der Waals surface area contributed by atoms with Crippen molar-refractivity contribution in [3.63, 3.8) is 0 Å². The molecule has 12 nitrogen and oxygen atoms in total. The third kappa shape index (κ3) is 12.4. The Bertz CT molecular complexity index is 1490. The summed E-state index contributed by atoms with van der Waals surface area (Å²) in [6, 6.07) is 14.4. The van der Waals surface area contributed by atoms with Crippen molar-refractivity contribution in [1.82, 2.24) is 20.4 Å². The number of rotatable bonds is 12. The first-order valence-corrected chi connectivity index (χ1v) is 18.1. The van der Waals surface area contributed by atoms with Crippen LogP contribution in [0.25, 0.3) is 0 Å². The number of ether oxygens (including phenoxy) is 3. The van der Waals surface area contributed by atoms with Crippen molar-refractivity contribution in [1.29, 1.82) is 0 Å². The summed E-state index contributed by atoms with van der Waals surface area (Å²) in [5.74, 6) is -1.26. The first-order chi connectivity index (χ1) is 24.3. The van der Waals surface area contributed by atoms with E-state index in [0.29, 0.717) is 5.02 Å². The van der Waals surface area contributed by atoms with Gasteiger partial charge in [0.1, 0.15) is 18.2 Å². The largest absolute Gasteiger partial charge is 0.469 e. The van der Waals surface area contributed by atoms with Gasteiger partial charge in [-0.2, -0.15) is 0 Å². The second-order valence-corrected chi connectivity index (χ2v) is 14.6. The predicted molar refractivity (Wildman–Crippen MR) is 192 cm³/mol. The highest BCUT2D eigenvalue weighted by Crippen LogP contribution is 2.30. The van der Waals surface area contributed by atoms with E-state index in [1.807, 2.05) is 30.3 Å². The summed E-state index contributed by atoms with van der Waals surface area (Å²) in [5.41, 5.74) is 0.865. The van der Waals surface area contributed by atoms with Crippen LogP contribution in [0.2, 0.25) is 5.02 Å². The van der Waals surface area contributed by atoms with Crippen molar-refractivity contribution in [2.75, 3.05) is 26.7 Å². The summed E-state index contributed by atoms with van der Waals surface area (Å²) >= 11 is 6.07. The minimum absolute atomic E-state index is 0.0166. The minimum Gasteiger partial charge on any atom is -0.469 e. The Morgan fingerprint density at radius 3 is 2.33 bits per heavy atom. The molecule has 1 heterocycles. The lowest BCUT2D eigenvalue weighted by molar-refractivity contribution is -0.143. The van der Waals surface area contributed by atoms with E-state index in [0.717, 1.165) is 43.2 Å². The summed E-state index contributed by atoms with van der Waals surface area (Å²) < 4.78 is 16.0. The normalized spacial score (nSPS) is 17.9. The van der Waals surface area contributed by atoms with Crippen LogP contribution in [0.5, 0.6) is 0 Å². The van der Waals surface area contributed by atoms with E-state index < -0.39 is 47.8 Å². The van der Waals surface area contributed by atoms with Crippen molar-refractivity contribution < 1.29 is 38.2 Å². The number of amides is 4. The number of carbonyl (C=O) groups is 5. The summed E-state index contributed by atoms with van der Waals surface area (Å²) in [7, 11) is 1.27. The molecule has 2 aromatic carbocycles. The summed E-state index contributed by atoms with van der Waals surface area (Å²) in [6.45, 7) is 6.00. The first kappa shape index (κ1) is 39.5. The molecule has 2 aromatic rings. The Morgan fingerprint density at radius 2 is 1.67 bits per heavy atom. The van der Waals surface area contributed by atoms with Crippen molar-refractivity contribution in [2.45, 2.75) is 102 Å². The number of esters is 1. The van der Waals surface area contributed by atoms with Crippen LogP contribution >= 0.6 is 11.6 Å². The average Bonchev–Trinajstić information content (AvgIpc) is 3.11. The van der Waals surface area contributed by atoms with Crippen molar-refractivity contribution in [3.05, 3.63) is 70.7 Å². The molecule has 4 rings (SSSR count). The van der Waals surface area contributed by atoms with Gasteiger partial charge in [-0.1, -0.05) is 73.3 Å². The number of methoxy groups -OCH3 is 1. The van der Waals surface area contributed by atoms with Gasteiger partial charge in [0.2, 0.25) is 11.8 Å². The van der Waals surface area contributed by atoms with Gasteiger partial charge in [0.15, 0.2) is 0 Å². The molecule has 3 atom stereocenters. The maximum atomic E-state index is 14.2. The SMILES string of the molecule is COC(=O)CC[C@H](NC(=O)CC(NC(=O)OCc1cccc(Cl)c1)C1CCCCC1)C(=O)N1CCN(C(=O)OC(C)(C)C)C(c2ccccc2)C1. The van der Waals surface area contributed by atoms with Gasteiger partial charge in [0, 0.05) is 43.5 Å². The number of hydrogen-bond acceptors (Lipinski definition) is 8. The number of benzene rings is 2. The zero-order chi connectivity index (χ0) is 37.0. The second-order valence-electron chi connectivity index (χ2n) is 14.2. The van der Waals surface area contributed by atoms with E-state index in [1.54, 1.807) is 54.8 Å². The van der Waals surface area contributed by atoms with Gasteiger partial charge in [-0.15, -0.1) is 0 Å². The van der Waals surface area contributed by atoms with Crippen molar-refractivity contribution >= 4 is 41.6 Å². The van der Waals surface area contributed by atoms with E-state index in [2.05, 4.69) is 10.6 Å². The fourth-order valence-corrected chi connectivity index (χ4v) is 6.83. The third-order valence-electron chi connectivity index (χ3n) is 9.19. The molecule has 4 amide bonds. The lowest BCUT2D eigenvalue weighted by atomic mass is 9.82. The molecule has 0 bridgehead atoms. The Kier molecular flexibility index (Phi) is 14.5. The Labute approximate surface area is 305 Å². The first-order valence-electron chi connectivity index (χ1n) is 17.7. The van der Waals surface area contributed by atoms with E-state index in [-0.39, 0.29) is 57.3 Å². The topological polar surface area (TPSA) is 144 Å². The van der Waals surface area contributed by atoms with Crippen molar-refractivity contribution in [3.8, 4) is 0 Å². The van der Waals surface area contributed by atoms with Crippen LogP contribution in [0.3, 0.4) is 0 Å². The molecular formula is C38H51ClN4O8.